The maximum Gasteiger partial charge on any atom is 0.278 e. The lowest BCUT2D eigenvalue weighted by atomic mass is 10.0. The third kappa shape index (κ3) is 1.90. The van der Waals surface area contributed by atoms with Gasteiger partial charge in [-0.25, -0.2) is 0 Å². The Kier molecular flexibility index (Phi) is 2.60. The lowest BCUT2D eigenvalue weighted by Gasteiger charge is -2.39. The fourth-order valence-electron chi connectivity index (χ4n) is 2.46. The number of fused-ring (bicyclic) bond motifs is 1. The molecule has 0 aliphatic carbocycles. The molecule has 1 aliphatic heterocycles. The topological polar surface area (TPSA) is 85.3 Å². The van der Waals surface area contributed by atoms with Crippen LogP contribution in [0.15, 0.2) is 24.4 Å². The summed E-state index contributed by atoms with van der Waals surface area (Å²) in [5, 5.41) is 12.5. The fourth-order valence-corrected chi connectivity index (χ4v) is 2.46. The van der Waals surface area contributed by atoms with Gasteiger partial charge in [0.05, 0.1) is 10.3 Å². The van der Waals surface area contributed by atoms with Crippen LogP contribution in [0.25, 0.3) is 10.8 Å². The number of hydrogen-bond donors (Lipinski definition) is 1. The monoisotopic (exact) mass is 258 g/mol. The van der Waals surface area contributed by atoms with E-state index in [-0.39, 0.29) is 16.7 Å². The van der Waals surface area contributed by atoms with Crippen LogP contribution in [0.3, 0.4) is 0 Å². The molecule has 0 atom stereocenters. The number of nitrogens with zero attached hydrogens (tertiary/aromatic N) is 3. The van der Waals surface area contributed by atoms with E-state index >= 15 is 0 Å². The Morgan fingerprint density at radius 2 is 2.16 bits per heavy atom. The lowest BCUT2D eigenvalue weighted by molar-refractivity contribution is -0.383. The first kappa shape index (κ1) is 11.9. The van der Waals surface area contributed by atoms with Gasteiger partial charge in [-0.1, -0.05) is 0 Å². The number of benzene rings is 1. The van der Waals surface area contributed by atoms with E-state index in [1.807, 2.05) is 13.0 Å². The highest BCUT2D eigenvalue weighted by Gasteiger charge is 2.26. The molecule has 19 heavy (non-hydrogen) atoms. The first-order valence-electron chi connectivity index (χ1n) is 6.10. The van der Waals surface area contributed by atoms with Crippen LogP contribution in [0.2, 0.25) is 0 Å². The van der Waals surface area contributed by atoms with Crippen LogP contribution in [0, 0.1) is 17.0 Å². The Balaban J connectivity index is 2.21. The minimum Gasteiger partial charge on any atom is -0.368 e. The predicted octanol–water partition coefficient (Wildman–Crippen LogP) is 1.60. The number of non-ortho nitro benzene ring substituents is 1. The fraction of sp³-hybridized carbons (Fsp3) is 0.308. The summed E-state index contributed by atoms with van der Waals surface area (Å²) < 4.78 is 0. The highest BCUT2D eigenvalue weighted by atomic mass is 16.6. The van der Waals surface area contributed by atoms with E-state index in [1.165, 1.54) is 0 Å². The summed E-state index contributed by atoms with van der Waals surface area (Å²) in [6.07, 6.45) is 1.58. The Morgan fingerprint density at radius 1 is 1.42 bits per heavy atom. The van der Waals surface area contributed by atoms with Crippen molar-refractivity contribution in [3.63, 3.8) is 0 Å². The summed E-state index contributed by atoms with van der Waals surface area (Å²) in [6, 6.07) is 5.42. The number of anilines is 1. The van der Waals surface area contributed by atoms with E-state index in [1.54, 1.807) is 18.3 Å². The normalized spacial score (nSPS) is 15.6. The highest BCUT2D eigenvalue weighted by molar-refractivity contribution is 6.00. The summed E-state index contributed by atoms with van der Waals surface area (Å²) in [5.74, 6) is 0. The zero-order chi connectivity index (χ0) is 13.6. The summed E-state index contributed by atoms with van der Waals surface area (Å²) in [6.45, 7) is 3.45. The van der Waals surface area contributed by atoms with E-state index in [9.17, 15) is 10.1 Å². The molecule has 1 aromatic carbocycles. The summed E-state index contributed by atoms with van der Waals surface area (Å²) >= 11 is 0. The van der Waals surface area contributed by atoms with Crippen molar-refractivity contribution >= 4 is 22.1 Å². The molecule has 0 unspecified atom stereocenters. The number of aryl methyl sites for hydroxylation is 1. The average Bonchev–Trinajstić information content (AvgIpc) is 2.33. The quantitative estimate of drug-likeness (QED) is 0.653. The maximum atomic E-state index is 11.1. The zero-order valence-corrected chi connectivity index (χ0v) is 10.5. The minimum absolute atomic E-state index is 0.0936. The van der Waals surface area contributed by atoms with Gasteiger partial charge >= 0.3 is 0 Å². The molecule has 2 N–H and O–H groups in total. The van der Waals surface area contributed by atoms with Crippen molar-refractivity contribution in [1.82, 2.24) is 4.98 Å². The molecule has 1 aromatic heterocycles. The van der Waals surface area contributed by atoms with Crippen LogP contribution < -0.4 is 10.6 Å². The second-order valence-corrected chi connectivity index (χ2v) is 4.90. The maximum absolute atomic E-state index is 11.1. The van der Waals surface area contributed by atoms with E-state index in [0.29, 0.717) is 5.39 Å². The Bertz CT molecular complexity index is 665. The van der Waals surface area contributed by atoms with Crippen LogP contribution in [0.1, 0.15) is 5.69 Å². The van der Waals surface area contributed by atoms with Gasteiger partial charge in [-0.15, -0.1) is 0 Å². The molecule has 2 aromatic rings. The SMILES string of the molecule is Cc1cc2c(N3CC(N)C3)ccc([N+](=O)[O-])c2cn1. The van der Waals surface area contributed by atoms with Crippen LogP contribution in [-0.4, -0.2) is 29.0 Å². The molecular weight excluding hydrogens is 244 g/mol. The highest BCUT2D eigenvalue weighted by Crippen LogP contribution is 2.35. The Morgan fingerprint density at radius 3 is 2.79 bits per heavy atom. The van der Waals surface area contributed by atoms with Gasteiger partial charge in [0.15, 0.2) is 0 Å². The van der Waals surface area contributed by atoms with Crippen LogP contribution in [-0.2, 0) is 0 Å². The first-order chi connectivity index (χ1) is 9.06. The number of hydrogen-bond acceptors (Lipinski definition) is 5. The van der Waals surface area contributed by atoms with Crippen LogP contribution in [0.4, 0.5) is 11.4 Å². The van der Waals surface area contributed by atoms with Gasteiger partial charge in [-0.3, -0.25) is 15.1 Å². The van der Waals surface area contributed by atoms with Crippen LogP contribution >= 0.6 is 0 Å². The molecule has 2 heterocycles. The molecule has 1 aliphatic rings. The molecule has 0 radical (unpaired) electrons. The van der Waals surface area contributed by atoms with Crippen molar-refractivity contribution in [2.45, 2.75) is 13.0 Å². The summed E-state index contributed by atoms with van der Waals surface area (Å²) in [5.41, 5.74) is 7.73. The van der Waals surface area contributed by atoms with Crippen LogP contribution in [0.5, 0.6) is 0 Å². The van der Waals surface area contributed by atoms with E-state index in [4.69, 9.17) is 5.73 Å². The van der Waals surface area contributed by atoms with Gasteiger partial charge in [-0.2, -0.15) is 0 Å². The van der Waals surface area contributed by atoms with Gasteiger partial charge in [-0.05, 0) is 19.1 Å². The molecule has 6 nitrogen and oxygen atoms in total. The van der Waals surface area contributed by atoms with Crippen molar-refractivity contribution < 1.29 is 4.92 Å². The molecule has 98 valence electrons. The number of pyridine rings is 1. The van der Waals surface area contributed by atoms with Crippen molar-refractivity contribution in [2.24, 2.45) is 5.73 Å². The van der Waals surface area contributed by atoms with Crippen molar-refractivity contribution in [2.75, 3.05) is 18.0 Å². The largest absolute Gasteiger partial charge is 0.368 e. The molecule has 0 spiro atoms. The summed E-state index contributed by atoms with van der Waals surface area (Å²) in [7, 11) is 0. The molecule has 1 saturated heterocycles. The molecule has 3 rings (SSSR count). The lowest BCUT2D eigenvalue weighted by Crippen LogP contribution is -2.55. The smallest absolute Gasteiger partial charge is 0.278 e. The van der Waals surface area contributed by atoms with Gasteiger partial charge in [0.1, 0.15) is 0 Å². The molecule has 1 fully saturated rings. The molecular formula is C13H14N4O2. The number of aromatic nitrogens is 1. The van der Waals surface area contributed by atoms with E-state index in [2.05, 4.69) is 9.88 Å². The van der Waals surface area contributed by atoms with Gasteiger partial charge in [0.25, 0.3) is 5.69 Å². The van der Waals surface area contributed by atoms with E-state index in [0.717, 1.165) is 29.9 Å². The Hall–Kier alpha value is -2.21. The van der Waals surface area contributed by atoms with Crippen molar-refractivity contribution in [3.05, 3.63) is 40.2 Å². The first-order valence-corrected chi connectivity index (χ1v) is 6.10. The number of nitro groups is 1. The average molecular weight is 258 g/mol. The third-order valence-electron chi connectivity index (χ3n) is 3.44. The third-order valence-corrected chi connectivity index (χ3v) is 3.44. The summed E-state index contributed by atoms with van der Waals surface area (Å²) in [4.78, 5) is 17.0. The number of nitro benzene ring substituents is 1. The molecule has 0 bridgehead atoms. The number of nitrogens with two attached hydrogens (primary N) is 1. The second-order valence-electron chi connectivity index (χ2n) is 4.90. The van der Waals surface area contributed by atoms with Gasteiger partial charge in [0, 0.05) is 48.2 Å². The Labute approximate surface area is 110 Å². The van der Waals surface area contributed by atoms with Crippen molar-refractivity contribution in [1.29, 1.82) is 0 Å². The predicted molar refractivity (Wildman–Crippen MR) is 73.3 cm³/mol. The minimum atomic E-state index is -0.370. The zero-order valence-electron chi connectivity index (χ0n) is 10.5. The standard InChI is InChI=1S/C13H14N4O2/c1-8-4-10-11(5-15-8)13(17(18)19)3-2-12(10)16-6-9(14)7-16/h2-5,9H,6-7,14H2,1H3. The van der Waals surface area contributed by atoms with E-state index < -0.39 is 0 Å². The van der Waals surface area contributed by atoms with Gasteiger partial charge < -0.3 is 10.6 Å². The van der Waals surface area contributed by atoms with Gasteiger partial charge in [0.2, 0.25) is 0 Å². The second kappa shape index (κ2) is 4.17. The van der Waals surface area contributed by atoms with Crippen molar-refractivity contribution in [3.8, 4) is 0 Å². The number of rotatable bonds is 2. The molecule has 0 saturated carbocycles. The molecule has 6 heteroatoms. The molecule has 0 amide bonds.